The Hall–Kier alpha value is -1.44. The van der Waals surface area contributed by atoms with Crippen LogP contribution in [0.1, 0.15) is 43.0 Å². The van der Waals surface area contributed by atoms with E-state index in [0.717, 1.165) is 25.7 Å². The van der Waals surface area contributed by atoms with Crippen molar-refractivity contribution in [2.45, 2.75) is 43.6 Å². The van der Waals surface area contributed by atoms with Crippen LogP contribution in [0.3, 0.4) is 0 Å². The van der Waals surface area contributed by atoms with E-state index in [4.69, 9.17) is 9.47 Å². The molecule has 6 nitrogen and oxygen atoms in total. The van der Waals surface area contributed by atoms with E-state index in [1.54, 1.807) is 0 Å². The number of esters is 1. The summed E-state index contributed by atoms with van der Waals surface area (Å²) in [4.78, 5) is 12.3. The molecule has 2 aliphatic rings. The summed E-state index contributed by atoms with van der Waals surface area (Å²) in [5, 5.41) is 0. The van der Waals surface area contributed by atoms with Crippen LogP contribution in [-0.2, 0) is 19.5 Å². The van der Waals surface area contributed by atoms with Gasteiger partial charge in [-0.1, -0.05) is 6.92 Å². The number of nitrogens with zero attached hydrogens (tertiary/aromatic N) is 1. The lowest BCUT2D eigenvalue weighted by atomic mass is 10.0. The number of hydrogen-bond donors (Lipinski definition) is 0. The Morgan fingerprint density at radius 1 is 1.20 bits per heavy atom. The molecule has 2 saturated heterocycles. The van der Waals surface area contributed by atoms with Crippen molar-refractivity contribution in [2.24, 2.45) is 5.92 Å². The van der Waals surface area contributed by atoms with E-state index in [-0.39, 0.29) is 17.6 Å². The number of carbonyl (C=O) groups is 1. The van der Waals surface area contributed by atoms with E-state index in [0.29, 0.717) is 31.2 Å². The third-order valence-corrected chi connectivity index (χ3v) is 6.81. The molecule has 0 spiro atoms. The Balaban J connectivity index is 1.61. The van der Waals surface area contributed by atoms with Crippen LogP contribution in [0.2, 0.25) is 0 Å². The van der Waals surface area contributed by atoms with Gasteiger partial charge in [-0.15, -0.1) is 0 Å². The molecular weight excluding hydrogens is 342 g/mol. The molecule has 0 amide bonds. The highest BCUT2D eigenvalue weighted by atomic mass is 32.2. The summed E-state index contributed by atoms with van der Waals surface area (Å²) in [6.45, 7) is 4.19. The number of rotatable bonds is 5. The SMILES string of the molecule is CC1CCN(S(=O)(=O)c2ccc(C(=O)OC[C@@H]3CCCO3)cc2)CC1. The van der Waals surface area contributed by atoms with E-state index < -0.39 is 16.0 Å². The number of carbonyl (C=O) groups excluding carboxylic acids is 1. The summed E-state index contributed by atoms with van der Waals surface area (Å²) in [6, 6.07) is 5.99. The summed E-state index contributed by atoms with van der Waals surface area (Å²) in [7, 11) is -3.49. The Kier molecular flexibility index (Phi) is 5.76. The maximum Gasteiger partial charge on any atom is 0.338 e. The van der Waals surface area contributed by atoms with Crippen molar-refractivity contribution in [3.8, 4) is 0 Å². The van der Waals surface area contributed by atoms with Crippen LogP contribution < -0.4 is 0 Å². The summed E-state index contributed by atoms with van der Waals surface area (Å²) < 4.78 is 37.5. The second-order valence-corrected chi connectivity index (χ2v) is 8.78. The maximum atomic E-state index is 12.7. The third kappa shape index (κ3) is 4.40. The zero-order valence-electron chi connectivity index (χ0n) is 14.5. The minimum Gasteiger partial charge on any atom is -0.459 e. The zero-order chi connectivity index (χ0) is 17.9. The van der Waals surface area contributed by atoms with Gasteiger partial charge in [-0.25, -0.2) is 13.2 Å². The lowest BCUT2D eigenvalue weighted by Crippen LogP contribution is -2.37. The van der Waals surface area contributed by atoms with Crippen molar-refractivity contribution >= 4 is 16.0 Å². The summed E-state index contributed by atoms with van der Waals surface area (Å²) in [5.74, 6) is 0.110. The van der Waals surface area contributed by atoms with Crippen LogP contribution in [-0.4, -0.2) is 51.1 Å². The molecule has 0 aromatic heterocycles. The molecule has 1 aromatic rings. The van der Waals surface area contributed by atoms with E-state index in [9.17, 15) is 13.2 Å². The maximum absolute atomic E-state index is 12.7. The van der Waals surface area contributed by atoms with Crippen LogP contribution in [0.15, 0.2) is 29.2 Å². The van der Waals surface area contributed by atoms with E-state index in [2.05, 4.69) is 6.92 Å². The lowest BCUT2D eigenvalue weighted by Gasteiger charge is -2.29. The van der Waals surface area contributed by atoms with Gasteiger partial charge in [0.2, 0.25) is 10.0 Å². The Bertz CT molecular complexity index is 687. The highest BCUT2D eigenvalue weighted by Crippen LogP contribution is 2.23. The van der Waals surface area contributed by atoms with E-state index in [1.807, 2.05) is 0 Å². The molecule has 0 N–H and O–H groups in total. The van der Waals surface area contributed by atoms with Crippen molar-refractivity contribution in [1.29, 1.82) is 0 Å². The Morgan fingerprint density at radius 2 is 1.88 bits per heavy atom. The fourth-order valence-electron chi connectivity index (χ4n) is 3.17. The van der Waals surface area contributed by atoms with Crippen LogP contribution in [0.5, 0.6) is 0 Å². The van der Waals surface area contributed by atoms with Gasteiger partial charge >= 0.3 is 5.97 Å². The van der Waals surface area contributed by atoms with Gasteiger partial charge in [-0.3, -0.25) is 0 Å². The molecule has 1 atom stereocenters. The van der Waals surface area contributed by atoms with Crippen LogP contribution in [0.25, 0.3) is 0 Å². The van der Waals surface area contributed by atoms with Crippen LogP contribution in [0, 0.1) is 5.92 Å². The molecule has 7 heteroatoms. The van der Waals surface area contributed by atoms with Crippen LogP contribution >= 0.6 is 0 Å². The van der Waals surface area contributed by atoms with Gasteiger partial charge in [0.15, 0.2) is 0 Å². The minimum atomic E-state index is -3.49. The number of piperidine rings is 1. The largest absolute Gasteiger partial charge is 0.459 e. The summed E-state index contributed by atoms with van der Waals surface area (Å²) in [5.41, 5.74) is 0.351. The number of hydrogen-bond acceptors (Lipinski definition) is 5. The number of ether oxygens (including phenoxy) is 2. The van der Waals surface area contributed by atoms with Gasteiger partial charge in [-0.2, -0.15) is 4.31 Å². The van der Waals surface area contributed by atoms with Crippen molar-refractivity contribution in [1.82, 2.24) is 4.31 Å². The molecule has 2 aliphatic heterocycles. The zero-order valence-corrected chi connectivity index (χ0v) is 15.3. The molecular formula is C18H25NO5S. The standard InChI is InChI=1S/C18H25NO5S/c1-14-8-10-19(11-9-14)25(21,22)17-6-4-15(5-7-17)18(20)24-13-16-3-2-12-23-16/h4-7,14,16H,2-3,8-13H2,1H3/t16-/m0/s1. The van der Waals surface area contributed by atoms with Gasteiger partial charge < -0.3 is 9.47 Å². The quantitative estimate of drug-likeness (QED) is 0.748. The second kappa shape index (κ2) is 7.85. The van der Waals surface area contributed by atoms with E-state index >= 15 is 0 Å². The summed E-state index contributed by atoms with van der Waals surface area (Å²) in [6.07, 6.45) is 3.63. The van der Waals surface area contributed by atoms with Crippen LogP contribution in [0.4, 0.5) is 0 Å². The molecule has 3 rings (SSSR count). The first-order valence-corrected chi connectivity index (χ1v) is 10.3. The molecule has 138 valence electrons. The molecule has 0 aliphatic carbocycles. The molecule has 2 heterocycles. The van der Waals surface area contributed by atoms with Crippen molar-refractivity contribution in [3.63, 3.8) is 0 Å². The Labute approximate surface area is 149 Å². The van der Waals surface area contributed by atoms with Gasteiger partial charge in [0, 0.05) is 19.7 Å². The normalized spacial score (nSPS) is 22.8. The van der Waals surface area contributed by atoms with Crippen molar-refractivity contribution in [2.75, 3.05) is 26.3 Å². The first kappa shape index (κ1) is 18.4. The van der Waals surface area contributed by atoms with Gasteiger partial charge in [0.05, 0.1) is 16.6 Å². The monoisotopic (exact) mass is 367 g/mol. The predicted octanol–water partition coefficient (Wildman–Crippen LogP) is 2.44. The third-order valence-electron chi connectivity index (χ3n) is 4.89. The van der Waals surface area contributed by atoms with E-state index in [1.165, 1.54) is 28.6 Å². The van der Waals surface area contributed by atoms with Gasteiger partial charge in [0.25, 0.3) is 0 Å². The topological polar surface area (TPSA) is 72.9 Å². The fraction of sp³-hybridized carbons (Fsp3) is 0.611. The molecule has 25 heavy (non-hydrogen) atoms. The molecule has 0 radical (unpaired) electrons. The minimum absolute atomic E-state index is 0.0231. The summed E-state index contributed by atoms with van der Waals surface area (Å²) >= 11 is 0. The predicted molar refractivity (Wildman–Crippen MR) is 92.9 cm³/mol. The van der Waals surface area contributed by atoms with Crippen molar-refractivity contribution in [3.05, 3.63) is 29.8 Å². The first-order valence-electron chi connectivity index (χ1n) is 8.86. The Morgan fingerprint density at radius 3 is 2.48 bits per heavy atom. The average Bonchev–Trinajstić information content (AvgIpc) is 3.14. The number of sulfonamides is 1. The van der Waals surface area contributed by atoms with Gasteiger partial charge in [0.1, 0.15) is 6.61 Å². The van der Waals surface area contributed by atoms with Crippen molar-refractivity contribution < 1.29 is 22.7 Å². The van der Waals surface area contributed by atoms with Gasteiger partial charge in [-0.05, 0) is 55.9 Å². The smallest absolute Gasteiger partial charge is 0.338 e. The second-order valence-electron chi connectivity index (χ2n) is 6.84. The molecule has 0 saturated carbocycles. The molecule has 0 unspecified atom stereocenters. The molecule has 0 bridgehead atoms. The lowest BCUT2D eigenvalue weighted by molar-refractivity contribution is 0.0161. The average molecular weight is 367 g/mol. The molecule has 2 fully saturated rings. The number of benzene rings is 1. The highest BCUT2D eigenvalue weighted by molar-refractivity contribution is 7.89. The first-order chi connectivity index (χ1) is 12.0. The fourth-order valence-corrected chi connectivity index (χ4v) is 4.63. The highest BCUT2D eigenvalue weighted by Gasteiger charge is 2.28. The molecule has 1 aromatic carbocycles.